The number of thioether (sulfide) groups is 1. The van der Waals surface area contributed by atoms with Crippen molar-refractivity contribution in [2.45, 2.75) is 101 Å². The van der Waals surface area contributed by atoms with Crippen LogP contribution in [0.1, 0.15) is 75.5 Å². The number of amides is 5. The van der Waals surface area contributed by atoms with Crippen molar-refractivity contribution in [3.63, 3.8) is 0 Å². The number of carboxylic acid groups (broad SMARTS) is 1. The van der Waals surface area contributed by atoms with Gasteiger partial charge in [0, 0.05) is 18.7 Å². The van der Waals surface area contributed by atoms with Crippen LogP contribution in [0.25, 0.3) is 0 Å². The minimum absolute atomic E-state index is 0.0564. The SMILES string of the molecule is Cc1ccc(C(SCC(NC(=O)[C@H](CCNC(=O)Oc2ccc(CC(NC(=O)OC(C)(C)C)C(=O)O)cc2)NC(=O)OC(C)(C)C)C(N)=O)c2ccc([S+](C)[O-])cc2)cc1. The van der Waals surface area contributed by atoms with Gasteiger partial charge in [-0.15, -0.1) is 11.8 Å². The van der Waals surface area contributed by atoms with E-state index in [4.69, 9.17) is 19.9 Å². The van der Waals surface area contributed by atoms with Crippen LogP contribution in [0.5, 0.6) is 5.75 Å². The second-order valence-electron chi connectivity index (χ2n) is 15.8. The number of nitrogens with one attached hydrogen (secondary N) is 4. The van der Waals surface area contributed by atoms with E-state index in [1.807, 2.05) is 43.3 Å². The van der Waals surface area contributed by atoms with Crippen molar-refractivity contribution < 1.29 is 52.6 Å². The second-order valence-corrected chi connectivity index (χ2v) is 18.3. The van der Waals surface area contributed by atoms with Crippen molar-refractivity contribution in [2.75, 3.05) is 18.6 Å². The molecule has 0 aliphatic rings. The molecule has 0 heterocycles. The van der Waals surface area contributed by atoms with Gasteiger partial charge in [0.25, 0.3) is 0 Å². The van der Waals surface area contributed by atoms with Gasteiger partial charge in [0.15, 0.2) is 4.90 Å². The van der Waals surface area contributed by atoms with E-state index in [-0.39, 0.29) is 36.1 Å². The Labute approximate surface area is 357 Å². The van der Waals surface area contributed by atoms with Gasteiger partial charge in [-0.2, -0.15) is 0 Å². The number of aryl methyl sites for hydroxylation is 1. The normalized spacial score (nSPS) is 13.9. The van der Waals surface area contributed by atoms with Crippen LogP contribution < -0.4 is 31.7 Å². The lowest BCUT2D eigenvalue weighted by molar-refractivity contribution is -0.139. The Bertz CT molecular complexity index is 1930. The summed E-state index contributed by atoms with van der Waals surface area (Å²) in [5.41, 5.74) is 7.45. The Balaban J connectivity index is 1.67. The summed E-state index contributed by atoms with van der Waals surface area (Å²) in [4.78, 5) is 76.4. The van der Waals surface area contributed by atoms with Crippen molar-refractivity contribution in [3.8, 4) is 5.75 Å². The van der Waals surface area contributed by atoms with Gasteiger partial charge >= 0.3 is 24.2 Å². The summed E-state index contributed by atoms with van der Waals surface area (Å²) < 4.78 is 27.9. The molecule has 4 unspecified atom stereocenters. The van der Waals surface area contributed by atoms with Crippen molar-refractivity contribution in [2.24, 2.45) is 5.73 Å². The van der Waals surface area contributed by atoms with Crippen molar-refractivity contribution in [1.82, 2.24) is 21.3 Å². The summed E-state index contributed by atoms with van der Waals surface area (Å²) >= 11 is 0.194. The number of hydrogen-bond acceptors (Lipinski definition) is 11. The number of hydrogen-bond donors (Lipinski definition) is 6. The van der Waals surface area contributed by atoms with Crippen LogP contribution in [0, 0.1) is 6.92 Å². The predicted molar refractivity (Wildman–Crippen MR) is 228 cm³/mol. The standard InChI is InChI=1S/C42H55N5O11S2/c1-25-9-13-27(14-10-25)34(28-15-19-30(20-16-28)60(8)55)59-24-33(35(43)48)45-36(49)31(46-39(53)57-41(2,3)4)21-22-44-38(52)56-29-17-11-26(12-18-29)23-32(37(50)51)47-40(54)58-42(5,6)7/h9-20,31-34H,21-24H2,1-8H3,(H2,43,48)(H,44,52)(H,45,49)(H,46,53)(H,47,54)(H,50,51)/t31-,32?,33?,34?,60?/m0/s1. The summed E-state index contributed by atoms with van der Waals surface area (Å²) in [5.74, 6) is -2.65. The minimum atomic E-state index is -1.28. The number of carboxylic acids is 1. The van der Waals surface area contributed by atoms with Gasteiger partial charge in [0.05, 0.1) is 5.25 Å². The number of carbonyl (C=O) groups is 6. The summed E-state index contributed by atoms with van der Waals surface area (Å²) in [6, 6.07) is 17.4. The highest BCUT2D eigenvalue weighted by molar-refractivity contribution is 7.99. The molecule has 0 spiro atoms. The van der Waals surface area contributed by atoms with Gasteiger partial charge < -0.3 is 50.9 Å². The maximum absolute atomic E-state index is 13.7. The Morgan fingerprint density at radius 1 is 0.750 bits per heavy atom. The van der Waals surface area contributed by atoms with Crippen LogP contribution in [-0.2, 0) is 41.5 Å². The van der Waals surface area contributed by atoms with Crippen molar-refractivity contribution in [3.05, 3.63) is 95.1 Å². The van der Waals surface area contributed by atoms with E-state index in [9.17, 15) is 38.4 Å². The van der Waals surface area contributed by atoms with E-state index < -0.39 is 76.6 Å². The lowest BCUT2D eigenvalue weighted by Gasteiger charge is -2.25. The zero-order chi connectivity index (χ0) is 44.8. The van der Waals surface area contributed by atoms with Crippen molar-refractivity contribution >= 4 is 59.0 Å². The molecule has 0 saturated heterocycles. The molecular formula is C42H55N5O11S2. The van der Waals surface area contributed by atoms with Gasteiger partial charge in [0.1, 0.15) is 41.3 Å². The number of primary amides is 1. The average molecular weight is 870 g/mol. The quantitative estimate of drug-likeness (QED) is 0.0913. The number of rotatable bonds is 18. The van der Waals surface area contributed by atoms with Crippen LogP contribution in [0.2, 0.25) is 0 Å². The van der Waals surface area contributed by atoms with Gasteiger partial charge in [-0.05, 0) is 107 Å². The molecule has 326 valence electrons. The van der Waals surface area contributed by atoms with E-state index in [1.54, 1.807) is 59.9 Å². The van der Waals surface area contributed by atoms with Crippen LogP contribution in [0.15, 0.2) is 77.7 Å². The maximum atomic E-state index is 13.7. The van der Waals surface area contributed by atoms with E-state index in [1.165, 1.54) is 36.0 Å². The molecule has 5 amide bonds. The molecule has 7 N–H and O–H groups in total. The second kappa shape index (κ2) is 22.2. The lowest BCUT2D eigenvalue weighted by Crippen LogP contribution is -2.55. The molecule has 0 radical (unpaired) electrons. The first-order chi connectivity index (χ1) is 28.0. The molecule has 0 aromatic heterocycles. The van der Waals surface area contributed by atoms with E-state index in [2.05, 4.69) is 21.3 Å². The zero-order valence-corrected chi connectivity index (χ0v) is 36.6. The van der Waals surface area contributed by atoms with E-state index >= 15 is 0 Å². The first kappa shape index (κ1) is 48.9. The molecule has 18 heteroatoms. The fraction of sp³-hybridized carbons (Fsp3) is 0.429. The maximum Gasteiger partial charge on any atom is 0.412 e. The number of ether oxygens (including phenoxy) is 3. The number of benzene rings is 3. The summed E-state index contributed by atoms with van der Waals surface area (Å²) in [6.07, 6.45) is -1.30. The Morgan fingerprint density at radius 3 is 1.75 bits per heavy atom. The highest BCUT2D eigenvalue weighted by Gasteiger charge is 2.29. The molecular weight excluding hydrogens is 815 g/mol. The van der Waals surface area contributed by atoms with Gasteiger partial charge in [-0.1, -0.05) is 54.1 Å². The molecule has 0 bridgehead atoms. The third kappa shape index (κ3) is 17.4. The molecule has 3 rings (SSSR count). The molecule has 60 heavy (non-hydrogen) atoms. The average Bonchev–Trinajstić information content (AvgIpc) is 3.13. The lowest BCUT2D eigenvalue weighted by atomic mass is 10.0. The Kier molecular flexibility index (Phi) is 18.1. The van der Waals surface area contributed by atoms with Crippen LogP contribution >= 0.6 is 11.8 Å². The molecule has 0 aliphatic heterocycles. The third-order valence-corrected chi connectivity index (χ3v) is 10.6. The highest BCUT2D eigenvalue weighted by Crippen LogP contribution is 2.36. The fourth-order valence-corrected chi connectivity index (χ4v) is 7.23. The molecule has 3 aromatic carbocycles. The van der Waals surface area contributed by atoms with Crippen LogP contribution in [0.4, 0.5) is 14.4 Å². The van der Waals surface area contributed by atoms with Gasteiger partial charge in [0.2, 0.25) is 11.8 Å². The highest BCUT2D eigenvalue weighted by atomic mass is 32.2. The fourth-order valence-electron chi connectivity index (χ4n) is 5.38. The van der Waals surface area contributed by atoms with Gasteiger partial charge in [-0.3, -0.25) is 9.59 Å². The summed E-state index contributed by atoms with van der Waals surface area (Å²) in [5, 5.41) is 19.3. The van der Waals surface area contributed by atoms with Crippen molar-refractivity contribution in [1.29, 1.82) is 0 Å². The molecule has 0 fully saturated rings. The molecule has 0 saturated carbocycles. The number of alkyl carbamates (subject to hydrolysis) is 2. The summed E-state index contributed by atoms with van der Waals surface area (Å²) in [6.45, 7) is 11.7. The zero-order valence-electron chi connectivity index (χ0n) is 35.0. The number of aliphatic carboxylic acids is 1. The van der Waals surface area contributed by atoms with Gasteiger partial charge in [-0.25, -0.2) is 19.2 Å². The monoisotopic (exact) mass is 869 g/mol. The largest absolute Gasteiger partial charge is 0.612 e. The topological polar surface area (TPSA) is 248 Å². The first-order valence-corrected chi connectivity index (χ1v) is 21.6. The Hall–Kier alpha value is -5.46. The molecule has 0 aliphatic carbocycles. The predicted octanol–water partition coefficient (Wildman–Crippen LogP) is 5.12. The molecule has 16 nitrogen and oxygen atoms in total. The number of carbonyl (C=O) groups excluding carboxylic acids is 5. The first-order valence-electron chi connectivity index (χ1n) is 19.0. The third-order valence-electron chi connectivity index (χ3n) is 8.26. The van der Waals surface area contributed by atoms with Crippen LogP contribution in [0.3, 0.4) is 0 Å². The number of nitrogens with two attached hydrogens (primary N) is 1. The molecule has 3 aromatic rings. The minimum Gasteiger partial charge on any atom is -0.612 e. The van der Waals surface area contributed by atoms with Crippen LogP contribution in [-0.4, -0.2) is 93.6 Å². The smallest absolute Gasteiger partial charge is 0.412 e. The van der Waals surface area contributed by atoms with E-state index in [0.717, 1.165) is 16.7 Å². The van der Waals surface area contributed by atoms with E-state index in [0.29, 0.717) is 10.5 Å². The Morgan fingerprint density at radius 2 is 1.27 bits per heavy atom. The molecule has 5 atom stereocenters. The summed E-state index contributed by atoms with van der Waals surface area (Å²) in [7, 11) is 0.